The maximum Gasteiger partial charge on any atom is 0.213 e. The highest BCUT2D eigenvalue weighted by Crippen LogP contribution is 2.17. The zero-order valence-corrected chi connectivity index (χ0v) is 7.68. The van der Waals surface area contributed by atoms with Crippen LogP contribution in [0.2, 0.25) is 0 Å². The highest BCUT2D eigenvalue weighted by atomic mass is 79.9. The van der Waals surface area contributed by atoms with Crippen LogP contribution in [-0.2, 0) is 0 Å². The molecule has 0 spiro atoms. The largest absolute Gasteiger partial charge is 0.220 e. The summed E-state index contributed by atoms with van der Waals surface area (Å²) in [6, 6.07) is 8.66. The highest BCUT2D eigenvalue weighted by Gasteiger charge is 1.96. The number of hydrogen-bond donors (Lipinski definition) is 0. The lowest BCUT2D eigenvalue weighted by molar-refractivity contribution is 0.589. The summed E-state index contributed by atoms with van der Waals surface area (Å²) in [6.45, 7) is 0. The molecule has 1 heterocycles. The van der Waals surface area contributed by atoms with Gasteiger partial charge in [-0.1, -0.05) is 22.0 Å². The third kappa shape index (κ3) is 1.32. The Bertz CT molecular complexity index is 391. The van der Waals surface area contributed by atoms with Gasteiger partial charge in [0.1, 0.15) is 0 Å². The average Bonchev–Trinajstić information content (AvgIpc) is 2.03. The van der Waals surface area contributed by atoms with Crippen LogP contribution in [-0.4, -0.2) is 4.98 Å². The molecule has 1 nitrogen and oxygen atoms in total. The number of halogens is 2. The molecule has 0 saturated heterocycles. The van der Waals surface area contributed by atoms with Crippen molar-refractivity contribution in [2.75, 3.05) is 0 Å². The van der Waals surface area contributed by atoms with Crippen molar-refractivity contribution in [3.63, 3.8) is 0 Å². The van der Waals surface area contributed by atoms with Gasteiger partial charge in [-0.3, -0.25) is 0 Å². The van der Waals surface area contributed by atoms with E-state index < -0.39 is 5.95 Å². The van der Waals surface area contributed by atoms with Crippen LogP contribution in [0.4, 0.5) is 4.39 Å². The molecule has 0 aliphatic heterocycles. The number of pyridine rings is 1. The Balaban J connectivity index is 2.80. The molecule has 3 heteroatoms. The summed E-state index contributed by atoms with van der Waals surface area (Å²) in [4.78, 5) is 3.74. The minimum atomic E-state index is -0.444. The number of nitrogens with zero attached hydrogens (tertiary/aromatic N) is 1. The van der Waals surface area contributed by atoms with E-state index in [1.807, 2.05) is 12.1 Å². The van der Waals surface area contributed by atoms with E-state index in [1.54, 1.807) is 12.1 Å². The monoisotopic (exact) mass is 225 g/mol. The summed E-state index contributed by atoms with van der Waals surface area (Å²) in [5.74, 6) is -0.444. The molecule has 0 saturated carbocycles. The Morgan fingerprint density at radius 1 is 1.17 bits per heavy atom. The maximum atomic E-state index is 12.6. The first-order valence-corrected chi connectivity index (χ1v) is 4.27. The van der Waals surface area contributed by atoms with Crippen LogP contribution in [0.1, 0.15) is 0 Å². The van der Waals surface area contributed by atoms with Crippen molar-refractivity contribution in [1.82, 2.24) is 4.98 Å². The third-order valence-corrected chi connectivity index (χ3v) is 2.11. The van der Waals surface area contributed by atoms with Crippen molar-refractivity contribution >= 4 is 26.8 Å². The van der Waals surface area contributed by atoms with Crippen molar-refractivity contribution in [1.29, 1.82) is 0 Å². The maximum absolute atomic E-state index is 12.6. The van der Waals surface area contributed by atoms with Crippen molar-refractivity contribution in [3.05, 3.63) is 40.8 Å². The molecule has 12 heavy (non-hydrogen) atoms. The average molecular weight is 226 g/mol. The van der Waals surface area contributed by atoms with Crippen molar-refractivity contribution < 1.29 is 4.39 Å². The molecule has 1 aromatic carbocycles. The van der Waals surface area contributed by atoms with E-state index in [0.717, 1.165) is 9.86 Å². The zero-order valence-electron chi connectivity index (χ0n) is 6.09. The Hall–Kier alpha value is -0.960. The quantitative estimate of drug-likeness (QED) is 0.629. The molecular weight excluding hydrogens is 221 g/mol. The van der Waals surface area contributed by atoms with Gasteiger partial charge in [0.2, 0.25) is 5.95 Å². The van der Waals surface area contributed by atoms with Crippen molar-refractivity contribution in [2.24, 2.45) is 0 Å². The minimum absolute atomic E-state index is 0.444. The summed E-state index contributed by atoms with van der Waals surface area (Å²) in [7, 11) is 0. The molecule has 0 unspecified atom stereocenters. The smallest absolute Gasteiger partial charge is 0.213 e. The number of rotatable bonds is 0. The summed E-state index contributed by atoms with van der Waals surface area (Å²) in [5, 5.41) is 0.944. The van der Waals surface area contributed by atoms with E-state index in [9.17, 15) is 4.39 Å². The second kappa shape index (κ2) is 2.83. The van der Waals surface area contributed by atoms with Gasteiger partial charge in [0.15, 0.2) is 0 Å². The van der Waals surface area contributed by atoms with E-state index in [-0.39, 0.29) is 0 Å². The van der Waals surface area contributed by atoms with Crippen LogP contribution in [0.5, 0.6) is 0 Å². The van der Waals surface area contributed by atoms with Gasteiger partial charge >= 0.3 is 0 Å². The van der Waals surface area contributed by atoms with Gasteiger partial charge < -0.3 is 0 Å². The predicted molar refractivity (Wildman–Crippen MR) is 49.4 cm³/mol. The normalized spacial score (nSPS) is 10.5. The zero-order chi connectivity index (χ0) is 8.55. The van der Waals surface area contributed by atoms with E-state index in [0.29, 0.717) is 5.52 Å². The molecule has 2 rings (SSSR count). The van der Waals surface area contributed by atoms with Gasteiger partial charge in [-0.05, 0) is 24.3 Å². The van der Waals surface area contributed by atoms with Gasteiger partial charge in [-0.15, -0.1) is 0 Å². The van der Waals surface area contributed by atoms with Gasteiger partial charge in [-0.25, -0.2) is 4.98 Å². The molecule has 60 valence electrons. The van der Waals surface area contributed by atoms with Crippen LogP contribution in [0.15, 0.2) is 34.8 Å². The molecule has 2 aromatic rings. The molecular formula is C9H5BrFN. The highest BCUT2D eigenvalue weighted by molar-refractivity contribution is 9.10. The number of benzene rings is 1. The molecule has 0 aliphatic carbocycles. The lowest BCUT2D eigenvalue weighted by atomic mass is 10.2. The first-order valence-electron chi connectivity index (χ1n) is 3.47. The topological polar surface area (TPSA) is 12.9 Å². The van der Waals surface area contributed by atoms with Crippen LogP contribution >= 0.6 is 15.9 Å². The summed E-state index contributed by atoms with van der Waals surface area (Å²) >= 11 is 3.29. The van der Waals surface area contributed by atoms with Crippen LogP contribution in [0, 0.1) is 5.95 Å². The predicted octanol–water partition coefficient (Wildman–Crippen LogP) is 3.14. The molecule has 0 radical (unpaired) electrons. The van der Waals surface area contributed by atoms with Gasteiger partial charge in [0.25, 0.3) is 0 Å². The second-order valence-electron chi connectivity index (χ2n) is 2.47. The van der Waals surface area contributed by atoms with E-state index in [4.69, 9.17) is 0 Å². The van der Waals surface area contributed by atoms with Crippen molar-refractivity contribution in [2.45, 2.75) is 0 Å². The minimum Gasteiger partial charge on any atom is -0.220 e. The fourth-order valence-electron chi connectivity index (χ4n) is 1.07. The SMILES string of the molecule is Fc1ccc2ccc(Br)cc2n1. The lowest BCUT2D eigenvalue weighted by Crippen LogP contribution is -1.82. The first-order chi connectivity index (χ1) is 5.75. The Labute approximate surface area is 77.4 Å². The van der Waals surface area contributed by atoms with Gasteiger partial charge in [0.05, 0.1) is 5.52 Å². The number of aromatic nitrogens is 1. The summed E-state index contributed by atoms with van der Waals surface area (Å²) < 4.78 is 13.6. The van der Waals surface area contributed by atoms with E-state index >= 15 is 0 Å². The summed E-state index contributed by atoms with van der Waals surface area (Å²) in [6.07, 6.45) is 0. The molecule has 0 fully saturated rings. The molecule has 0 atom stereocenters. The fourth-order valence-corrected chi connectivity index (χ4v) is 1.41. The molecule has 0 aliphatic rings. The summed E-state index contributed by atoms with van der Waals surface area (Å²) in [5.41, 5.74) is 0.671. The Kier molecular flexibility index (Phi) is 1.81. The third-order valence-electron chi connectivity index (χ3n) is 1.62. The van der Waals surface area contributed by atoms with Gasteiger partial charge in [-0.2, -0.15) is 4.39 Å². The second-order valence-corrected chi connectivity index (χ2v) is 3.39. The lowest BCUT2D eigenvalue weighted by Gasteiger charge is -1.96. The Morgan fingerprint density at radius 2 is 1.92 bits per heavy atom. The molecule has 0 N–H and O–H groups in total. The molecule has 0 amide bonds. The van der Waals surface area contributed by atoms with E-state index in [2.05, 4.69) is 20.9 Å². The first kappa shape index (κ1) is 7.68. The fraction of sp³-hybridized carbons (Fsp3) is 0. The molecule has 1 aromatic heterocycles. The van der Waals surface area contributed by atoms with Gasteiger partial charge in [0, 0.05) is 9.86 Å². The standard InChI is InChI=1S/C9H5BrFN/c10-7-3-1-6-2-4-9(11)12-8(6)5-7/h1-5H. The molecule has 0 bridgehead atoms. The Morgan fingerprint density at radius 3 is 2.75 bits per heavy atom. The number of hydrogen-bond acceptors (Lipinski definition) is 1. The van der Waals surface area contributed by atoms with E-state index in [1.165, 1.54) is 6.07 Å². The van der Waals surface area contributed by atoms with Crippen LogP contribution < -0.4 is 0 Å². The van der Waals surface area contributed by atoms with Crippen molar-refractivity contribution in [3.8, 4) is 0 Å². The van der Waals surface area contributed by atoms with Crippen LogP contribution in [0.3, 0.4) is 0 Å². The van der Waals surface area contributed by atoms with Crippen LogP contribution in [0.25, 0.3) is 10.9 Å². The number of fused-ring (bicyclic) bond motifs is 1.